The molecule has 7 heteroatoms. The Kier molecular flexibility index (Phi) is 2.56. The highest BCUT2D eigenvalue weighted by molar-refractivity contribution is 7.75. The topological polar surface area (TPSA) is 115 Å². The third-order valence-electron chi connectivity index (χ3n) is 0.642. The van der Waals surface area contributed by atoms with Crippen LogP contribution in [0.25, 0.3) is 0 Å². The second-order valence-electron chi connectivity index (χ2n) is 1.51. The molecule has 0 aromatic heterocycles. The molecule has 0 spiro atoms. The highest BCUT2D eigenvalue weighted by atomic mass is 31.2. The van der Waals surface area contributed by atoms with Gasteiger partial charge in [-0.05, 0) is 0 Å². The Hall–Kier alpha value is -0.870. The lowest BCUT2D eigenvalue weighted by atomic mass is 10.8. The number of rotatable bonds is 3. The van der Waals surface area contributed by atoms with E-state index in [0.717, 1.165) is 0 Å². The molecular formula is C3H4O6P-. The van der Waals surface area contributed by atoms with Crippen molar-refractivity contribution in [3.63, 3.8) is 0 Å². The molecule has 0 aliphatic heterocycles. The van der Waals surface area contributed by atoms with Crippen LogP contribution in [0, 0.1) is 0 Å². The van der Waals surface area contributed by atoms with Crippen LogP contribution in [0.5, 0.6) is 0 Å². The van der Waals surface area contributed by atoms with E-state index in [2.05, 4.69) is 0 Å². The summed E-state index contributed by atoms with van der Waals surface area (Å²) in [6.07, 6.45) is -1.34. The van der Waals surface area contributed by atoms with Gasteiger partial charge in [0.05, 0.1) is 12.1 Å². The van der Waals surface area contributed by atoms with Gasteiger partial charge in [-0.3, -0.25) is 4.57 Å². The zero-order chi connectivity index (χ0) is 8.36. The largest absolute Gasteiger partial charge is 0.550 e. The van der Waals surface area contributed by atoms with Gasteiger partial charge in [0, 0.05) is 0 Å². The van der Waals surface area contributed by atoms with E-state index in [9.17, 15) is 19.3 Å². The fraction of sp³-hybridized carbons (Fsp3) is 0.333. The van der Waals surface area contributed by atoms with Crippen LogP contribution in [0.2, 0.25) is 0 Å². The van der Waals surface area contributed by atoms with Gasteiger partial charge >= 0.3 is 13.1 Å². The van der Waals surface area contributed by atoms with Crippen molar-refractivity contribution in [1.82, 2.24) is 0 Å². The molecule has 1 atom stereocenters. The Morgan fingerprint density at radius 3 is 2.00 bits per heavy atom. The highest BCUT2D eigenvalue weighted by Gasteiger charge is 2.28. The number of hydrogen-bond acceptors (Lipinski definition) is 4. The SMILES string of the molecule is O=C([O-])CP(=O)(O)C(=O)O. The first-order valence-corrected chi connectivity index (χ1v) is 3.96. The van der Waals surface area contributed by atoms with Crippen LogP contribution in [-0.2, 0) is 9.36 Å². The molecule has 0 fully saturated rings. The second-order valence-corrected chi connectivity index (χ2v) is 3.62. The molecule has 0 radical (unpaired) electrons. The van der Waals surface area contributed by atoms with Gasteiger partial charge in [-0.15, -0.1) is 0 Å². The van der Waals surface area contributed by atoms with E-state index in [-0.39, 0.29) is 0 Å². The van der Waals surface area contributed by atoms with Crippen molar-refractivity contribution in [2.45, 2.75) is 0 Å². The summed E-state index contributed by atoms with van der Waals surface area (Å²) in [6, 6.07) is 0. The summed E-state index contributed by atoms with van der Waals surface area (Å²) < 4.78 is 10.3. The molecule has 2 N–H and O–H groups in total. The Bertz CT molecular complexity index is 207. The number of carboxylic acid groups (broad SMARTS) is 2. The average Bonchev–Trinajstić information content (AvgIpc) is 1.60. The third kappa shape index (κ3) is 2.61. The van der Waals surface area contributed by atoms with Crippen LogP contribution in [-0.4, -0.2) is 27.8 Å². The number of carbonyl (C=O) groups is 2. The van der Waals surface area contributed by atoms with Crippen molar-refractivity contribution in [1.29, 1.82) is 0 Å². The van der Waals surface area contributed by atoms with E-state index < -0.39 is 25.2 Å². The fourth-order valence-electron chi connectivity index (χ4n) is 0.243. The van der Waals surface area contributed by atoms with Gasteiger partial charge in [0.25, 0.3) is 0 Å². The molecule has 0 aliphatic rings. The van der Waals surface area contributed by atoms with E-state index >= 15 is 0 Å². The molecule has 0 heterocycles. The summed E-state index contributed by atoms with van der Waals surface area (Å²) in [5, 5.41) is 17.5. The quantitative estimate of drug-likeness (QED) is 0.504. The molecule has 0 amide bonds. The lowest BCUT2D eigenvalue weighted by Crippen LogP contribution is -2.27. The standard InChI is InChI=1S/C3H5O6P/c4-2(5)1-10(8,9)3(6)7/h1H2,(H,4,5)(H,6,7)(H,8,9)/p-1. The number of carboxylic acids is 1. The molecule has 1 unspecified atom stereocenters. The molecule has 0 aromatic rings. The Morgan fingerprint density at radius 1 is 1.50 bits per heavy atom. The number of aliphatic carboxylic acids is 1. The van der Waals surface area contributed by atoms with Crippen molar-refractivity contribution in [3.05, 3.63) is 0 Å². The lowest BCUT2D eigenvalue weighted by Gasteiger charge is -2.04. The smallest absolute Gasteiger partial charge is 0.389 e. The van der Waals surface area contributed by atoms with E-state index in [1.165, 1.54) is 0 Å². The number of hydrogen-bond donors (Lipinski definition) is 2. The van der Waals surface area contributed by atoms with Gasteiger partial charge in [-0.1, -0.05) is 0 Å². The molecular weight excluding hydrogens is 163 g/mol. The zero-order valence-corrected chi connectivity index (χ0v) is 5.58. The van der Waals surface area contributed by atoms with Crippen LogP contribution in [0.15, 0.2) is 0 Å². The predicted molar refractivity (Wildman–Crippen MR) is 27.7 cm³/mol. The van der Waals surface area contributed by atoms with Crippen LogP contribution in [0.3, 0.4) is 0 Å². The van der Waals surface area contributed by atoms with E-state index in [0.29, 0.717) is 0 Å². The minimum absolute atomic E-state index is 1.34. The average molecular weight is 167 g/mol. The second kappa shape index (κ2) is 2.81. The van der Waals surface area contributed by atoms with Gasteiger partial charge in [0.15, 0.2) is 0 Å². The van der Waals surface area contributed by atoms with Crippen LogP contribution in [0.4, 0.5) is 4.79 Å². The third-order valence-corrected chi connectivity index (χ3v) is 1.93. The molecule has 58 valence electrons. The maximum Gasteiger partial charge on any atom is 0.389 e. The Labute approximate surface area is 55.6 Å². The molecule has 0 bridgehead atoms. The Balaban J connectivity index is 4.29. The van der Waals surface area contributed by atoms with Crippen molar-refractivity contribution in [2.75, 3.05) is 6.16 Å². The minimum Gasteiger partial charge on any atom is -0.550 e. The van der Waals surface area contributed by atoms with E-state index in [1.54, 1.807) is 0 Å². The van der Waals surface area contributed by atoms with Crippen LogP contribution >= 0.6 is 7.37 Å². The summed E-state index contributed by atoms with van der Waals surface area (Å²) in [5.74, 6) is -1.85. The molecule has 6 nitrogen and oxygen atoms in total. The van der Waals surface area contributed by atoms with Crippen molar-refractivity contribution in [2.24, 2.45) is 0 Å². The summed E-state index contributed by atoms with van der Waals surface area (Å²) in [4.78, 5) is 27.7. The monoisotopic (exact) mass is 167 g/mol. The maximum absolute atomic E-state index is 10.3. The maximum atomic E-state index is 10.3. The first kappa shape index (κ1) is 9.13. The van der Waals surface area contributed by atoms with Gasteiger partial charge in [-0.25, -0.2) is 4.79 Å². The molecule has 0 saturated heterocycles. The summed E-state index contributed by atoms with van der Waals surface area (Å²) >= 11 is 0. The van der Waals surface area contributed by atoms with Gasteiger partial charge in [-0.2, -0.15) is 0 Å². The van der Waals surface area contributed by atoms with Crippen LogP contribution < -0.4 is 5.11 Å². The van der Waals surface area contributed by atoms with Crippen LogP contribution in [0.1, 0.15) is 0 Å². The van der Waals surface area contributed by atoms with Crippen molar-refractivity contribution >= 4 is 19.0 Å². The van der Waals surface area contributed by atoms with E-state index in [1.807, 2.05) is 0 Å². The van der Waals surface area contributed by atoms with Gasteiger partial charge in [0.1, 0.15) is 0 Å². The van der Waals surface area contributed by atoms with Crippen molar-refractivity contribution in [3.8, 4) is 0 Å². The predicted octanol–water partition coefficient (Wildman–Crippen LogP) is -1.32. The van der Waals surface area contributed by atoms with Gasteiger partial charge < -0.3 is 19.9 Å². The van der Waals surface area contributed by atoms with Gasteiger partial charge in [0.2, 0.25) is 0 Å². The minimum atomic E-state index is -4.57. The summed E-state index contributed by atoms with van der Waals surface area (Å²) in [6.45, 7) is 0. The highest BCUT2D eigenvalue weighted by Crippen LogP contribution is 2.39. The Morgan fingerprint density at radius 2 is 1.90 bits per heavy atom. The van der Waals surface area contributed by atoms with Crippen molar-refractivity contribution < 1.29 is 29.3 Å². The van der Waals surface area contributed by atoms with E-state index in [4.69, 9.17) is 10.00 Å². The molecule has 0 aliphatic carbocycles. The molecule has 0 rings (SSSR count). The lowest BCUT2D eigenvalue weighted by molar-refractivity contribution is -0.301. The summed E-state index contributed by atoms with van der Waals surface area (Å²) in [7, 11) is -4.57. The molecule has 0 saturated carbocycles. The fourth-order valence-corrected chi connectivity index (χ4v) is 0.728. The first-order chi connectivity index (χ1) is 4.36. The number of carbonyl (C=O) groups excluding carboxylic acids is 1. The zero-order valence-electron chi connectivity index (χ0n) is 4.68. The normalized spacial score (nSPS) is 15.7. The molecule has 10 heavy (non-hydrogen) atoms. The summed E-state index contributed by atoms with van der Waals surface area (Å²) in [5.41, 5.74) is -2.02. The molecule has 0 aromatic carbocycles. The first-order valence-electron chi connectivity index (χ1n) is 2.11.